The molecule has 1 aliphatic rings. The predicted octanol–water partition coefficient (Wildman–Crippen LogP) is 2.59. The van der Waals surface area contributed by atoms with E-state index in [0.29, 0.717) is 12.6 Å². The summed E-state index contributed by atoms with van der Waals surface area (Å²) in [7, 11) is 1.90. The van der Waals surface area contributed by atoms with Crippen LogP contribution in [0, 0.1) is 6.92 Å². The molecule has 1 N–H and O–H groups in total. The predicted molar refractivity (Wildman–Crippen MR) is 74.8 cm³/mol. The lowest BCUT2D eigenvalue weighted by atomic mass is 10.1. The largest absolute Gasteiger partial charge is 0.376 e. The molecule has 1 fully saturated rings. The van der Waals surface area contributed by atoms with Gasteiger partial charge in [0.2, 0.25) is 5.91 Å². The van der Waals surface area contributed by atoms with Crippen LogP contribution in [0.1, 0.15) is 30.9 Å². The molecule has 98 valence electrons. The Hall–Kier alpha value is -1.51. The van der Waals surface area contributed by atoms with Gasteiger partial charge in [0.1, 0.15) is 0 Å². The van der Waals surface area contributed by atoms with Crippen LogP contribution in [0.15, 0.2) is 18.2 Å². The summed E-state index contributed by atoms with van der Waals surface area (Å²) in [5.41, 5.74) is 3.68. The number of carbonyl (C=O) groups excluding carboxylic acids is 1. The Morgan fingerprint density at radius 1 is 1.44 bits per heavy atom. The van der Waals surface area contributed by atoms with Crippen LogP contribution < -0.4 is 5.32 Å². The van der Waals surface area contributed by atoms with E-state index in [0.717, 1.165) is 24.9 Å². The number of nitrogens with one attached hydrogen (secondary N) is 1. The van der Waals surface area contributed by atoms with Crippen molar-refractivity contribution in [3.8, 4) is 0 Å². The molecule has 1 amide bonds. The van der Waals surface area contributed by atoms with Crippen molar-refractivity contribution in [1.82, 2.24) is 4.90 Å². The second-order valence-electron chi connectivity index (χ2n) is 5.08. The van der Waals surface area contributed by atoms with Crippen molar-refractivity contribution < 1.29 is 4.79 Å². The van der Waals surface area contributed by atoms with E-state index in [2.05, 4.69) is 37.4 Å². The molecule has 0 aromatic heterocycles. The molecule has 3 heteroatoms. The van der Waals surface area contributed by atoms with Gasteiger partial charge in [0.15, 0.2) is 0 Å². The quantitative estimate of drug-likeness (QED) is 0.866. The number of rotatable bonds is 5. The Kier molecular flexibility index (Phi) is 3.90. The number of nitrogens with zero attached hydrogens (tertiary/aromatic N) is 1. The van der Waals surface area contributed by atoms with Crippen molar-refractivity contribution in [2.45, 2.75) is 39.2 Å². The maximum absolute atomic E-state index is 11.9. The van der Waals surface area contributed by atoms with Gasteiger partial charge in [-0.25, -0.2) is 0 Å². The highest BCUT2D eigenvalue weighted by molar-refractivity contribution is 5.81. The highest BCUT2D eigenvalue weighted by Crippen LogP contribution is 2.25. The molecular weight excluding hydrogens is 224 g/mol. The summed E-state index contributed by atoms with van der Waals surface area (Å²) in [6.07, 6.45) is 3.37. The Morgan fingerprint density at radius 3 is 2.72 bits per heavy atom. The van der Waals surface area contributed by atoms with Crippen LogP contribution in [0.5, 0.6) is 0 Å². The van der Waals surface area contributed by atoms with Gasteiger partial charge >= 0.3 is 0 Å². The van der Waals surface area contributed by atoms with E-state index in [4.69, 9.17) is 0 Å². The maximum atomic E-state index is 11.9. The first-order valence-corrected chi connectivity index (χ1v) is 6.71. The molecule has 18 heavy (non-hydrogen) atoms. The average Bonchev–Trinajstić information content (AvgIpc) is 3.19. The second-order valence-corrected chi connectivity index (χ2v) is 5.08. The van der Waals surface area contributed by atoms with Gasteiger partial charge in [-0.1, -0.05) is 13.0 Å². The first-order valence-electron chi connectivity index (χ1n) is 6.71. The van der Waals surface area contributed by atoms with Crippen LogP contribution in [0.4, 0.5) is 5.69 Å². The van der Waals surface area contributed by atoms with Gasteiger partial charge < -0.3 is 10.2 Å². The standard InChI is InChI=1S/C15H22N2O/c1-4-12-5-6-13(9-11(12)2)16-10-15(18)17(3)14-7-8-14/h5-6,9,14,16H,4,7-8,10H2,1-3H3. The van der Waals surface area contributed by atoms with Crippen molar-refractivity contribution in [2.75, 3.05) is 18.9 Å². The Bertz CT molecular complexity index is 438. The summed E-state index contributed by atoms with van der Waals surface area (Å²) >= 11 is 0. The molecule has 2 rings (SSSR count). The molecule has 0 aliphatic heterocycles. The highest BCUT2D eigenvalue weighted by Gasteiger charge is 2.29. The van der Waals surface area contributed by atoms with Crippen LogP contribution in [0.25, 0.3) is 0 Å². The topological polar surface area (TPSA) is 32.3 Å². The van der Waals surface area contributed by atoms with Crippen molar-refractivity contribution in [3.63, 3.8) is 0 Å². The maximum Gasteiger partial charge on any atom is 0.241 e. The van der Waals surface area contributed by atoms with E-state index >= 15 is 0 Å². The fourth-order valence-corrected chi connectivity index (χ4v) is 2.17. The van der Waals surface area contributed by atoms with Gasteiger partial charge in [0.25, 0.3) is 0 Å². The number of amides is 1. The van der Waals surface area contributed by atoms with Gasteiger partial charge in [-0.2, -0.15) is 0 Å². The number of aryl methyl sites for hydroxylation is 2. The zero-order valence-corrected chi connectivity index (χ0v) is 11.5. The van der Waals surface area contributed by atoms with E-state index < -0.39 is 0 Å². The van der Waals surface area contributed by atoms with Crippen LogP contribution in [-0.4, -0.2) is 30.4 Å². The molecule has 0 bridgehead atoms. The summed E-state index contributed by atoms with van der Waals surface area (Å²) in [4.78, 5) is 13.7. The Morgan fingerprint density at radius 2 is 2.17 bits per heavy atom. The minimum absolute atomic E-state index is 0.176. The van der Waals surface area contributed by atoms with Crippen molar-refractivity contribution in [3.05, 3.63) is 29.3 Å². The van der Waals surface area contributed by atoms with Gasteiger partial charge in [-0.05, 0) is 49.4 Å². The second kappa shape index (κ2) is 5.42. The van der Waals surface area contributed by atoms with Gasteiger partial charge in [-0.15, -0.1) is 0 Å². The molecule has 0 spiro atoms. The molecule has 1 aromatic rings. The van der Waals surface area contributed by atoms with E-state index in [1.54, 1.807) is 0 Å². The average molecular weight is 246 g/mol. The zero-order valence-electron chi connectivity index (χ0n) is 11.5. The molecule has 0 saturated heterocycles. The van der Waals surface area contributed by atoms with Gasteiger partial charge in [0.05, 0.1) is 6.54 Å². The van der Waals surface area contributed by atoms with Crippen LogP contribution in [0.3, 0.4) is 0 Å². The highest BCUT2D eigenvalue weighted by atomic mass is 16.2. The number of likely N-dealkylation sites (N-methyl/N-ethyl adjacent to an activating group) is 1. The van der Waals surface area contributed by atoms with Crippen molar-refractivity contribution in [1.29, 1.82) is 0 Å². The lowest BCUT2D eigenvalue weighted by molar-refractivity contribution is -0.128. The van der Waals surface area contributed by atoms with Crippen LogP contribution in [0.2, 0.25) is 0 Å². The molecule has 0 unspecified atom stereocenters. The van der Waals surface area contributed by atoms with E-state index in [1.165, 1.54) is 11.1 Å². The summed E-state index contributed by atoms with van der Waals surface area (Å²) < 4.78 is 0. The summed E-state index contributed by atoms with van der Waals surface area (Å²) in [6.45, 7) is 4.66. The number of anilines is 1. The monoisotopic (exact) mass is 246 g/mol. The Labute approximate surface area is 109 Å². The zero-order chi connectivity index (χ0) is 13.1. The molecule has 0 heterocycles. The summed E-state index contributed by atoms with van der Waals surface area (Å²) in [6, 6.07) is 6.79. The molecule has 1 aromatic carbocycles. The first-order chi connectivity index (χ1) is 8.61. The number of hydrogen-bond donors (Lipinski definition) is 1. The molecule has 3 nitrogen and oxygen atoms in total. The summed E-state index contributed by atoms with van der Waals surface area (Å²) in [5, 5.41) is 3.21. The molecule has 1 aliphatic carbocycles. The van der Waals surface area contributed by atoms with Gasteiger partial charge in [-0.3, -0.25) is 4.79 Å². The summed E-state index contributed by atoms with van der Waals surface area (Å²) in [5.74, 6) is 0.176. The molecule has 0 radical (unpaired) electrons. The van der Waals surface area contributed by atoms with Gasteiger partial charge in [0, 0.05) is 18.8 Å². The van der Waals surface area contributed by atoms with Crippen LogP contribution >= 0.6 is 0 Å². The van der Waals surface area contributed by atoms with E-state index in [1.807, 2.05) is 11.9 Å². The fourth-order valence-electron chi connectivity index (χ4n) is 2.17. The first kappa shape index (κ1) is 12.9. The number of hydrogen-bond acceptors (Lipinski definition) is 2. The third kappa shape index (κ3) is 3.03. The minimum Gasteiger partial charge on any atom is -0.376 e. The molecular formula is C15H22N2O. The van der Waals surface area contributed by atoms with Crippen molar-refractivity contribution >= 4 is 11.6 Å². The number of carbonyl (C=O) groups is 1. The SMILES string of the molecule is CCc1ccc(NCC(=O)N(C)C2CC2)cc1C. The van der Waals surface area contributed by atoms with Crippen LogP contribution in [-0.2, 0) is 11.2 Å². The van der Waals surface area contributed by atoms with Crippen molar-refractivity contribution in [2.24, 2.45) is 0 Å². The molecule has 0 atom stereocenters. The Balaban J connectivity index is 1.89. The third-order valence-corrected chi connectivity index (χ3v) is 3.66. The van der Waals surface area contributed by atoms with E-state index in [-0.39, 0.29) is 5.91 Å². The lowest BCUT2D eigenvalue weighted by Crippen LogP contribution is -2.33. The third-order valence-electron chi connectivity index (χ3n) is 3.66. The van der Waals surface area contributed by atoms with E-state index in [9.17, 15) is 4.79 Å². The fraction of sp³-hybridized carbons (Fsp3) is 0.533. The minimum atomic E-state index is 0.176. The normalized spacial score (nSPS) is 14.4. The number of benzene rings is 1. The lowest BCUT2D eigenvalue weighted by Gasteiger charge is -2.17. The molecule has 1 saturated carbocycles. The smallest absolute Gasteiger partial charge is 0.241 e.